The Hall–Kier alpha value is -2.03. The van der Waals surface area contributed by atoms with E-state index in [-0.39, 0.29) is 6.09 Å². The first-order valence-corrected chi connectivity index (χ1v) is 8.23. The number of unbranched alkanes of at least 4 members (excludes halogenated alkanes) is 5. The van der Waals surface area contributed by atoms with Gasteiger partial charge in [0.25, 0.3) is 0 Å². The van der Waals surface area contributed by atoms with E-state index in [0.29, 0.717) is 6.61 Å². The fraction of sp³-hybridized carbons (Fsp3) is 0.421. The Kier molecular flexibility index (Phi) is 6.75. The van der Waals surface area contributed by atoms with Crippen LogP contribution in [-0.4, -0.2) is 12.7 Å². The number of hydrogen-bond acceptors (Lipinski definition) is 2. The number of carbonyl (C=O) groups is 1. The maximum atomic E-state index is 11.9. The highest BCUT2D eigenvalue weighted by Gasteiger charge is 2.06. The highest BCUT2D eigenvalue weighted by Crippen LogP contribution is 2.23. The Morgan fingerprint density at radius 3 is 2.55 bits per heavy atom. The molecule has 2 aromatic carbocycles. The first-order valence-electron chi connectivity index (χ1n) is 8.23. The standard InChI is InChI=1S/C19H25NO2/c1-2-3-4-5-6-9-15-22-19(21)20-18-14-10-12-16-11-7-8-13-17(16)18/h7-8,10-14H,2-6,9,15H2,1H3,(H,20,21). The molecule has 0 heterocycles. The Balaban J connectivity index is 1.75. The van der Waals surface area contributed by atoms with Crippen molar-refractivity contribution in [3.05, 3.63) is 42.5 Å². The number of benzene rings is 2. The van der Waals surface area contributed by atoms with Gasteiger partial charge in [0.05, 0.1) is 12.3 Å². The average Bonchev–Trinajstić information content (AvgIpc) is 2.54. The molecule has 0 saturated carbocycles. The lowest BCUT2D eigenvalue weighted by Gasteiger charge is -2.09. The molecule has 2 rings (SSSR count). The molecule has 22 heavy (non-hydrogen) atoms. The van der Waals surface area contributed by atoms with E-state index in [0.717, 1.165) is 29.3 Å². The van der Waals surface area contributed by atoms with Gasteiger partial charge in [-0.2, -0.15) is 0 Å². The third kappa shape index (κ3) is 5.06. The fourth-order valence-corrected chi connectivity index (χ4v) is 2.53. The van der Waals surface area contributed by atoms with Crippen LogP contribution >= 0.6 is 0 Å². The zero-order valence-electron chi connectivity index (χ0n) is 13.3. The molecule has 118 valence electrons. The minimum atomic E-state index is -0.370. The van der Waals surface area contributed by atoms with Crippen molar-refractivity contribution in [3.8, 4) is 0 Å². The molecule has 3 heteroatoms. The van der Waals surface area contributed by atoms with Crippen LogP contribution in [0.1, 0.15) is 45.4 Å². The van der Waals surface area contributed by atoms with Crippen LogP contribution in [0.3, 0.4) is 0 Å². The van der Waals surface area contributed by atoms with Crippen molar-refractivity contribution in [1.82, 2.24) is 0 Å². The lowest BCUT2D eigenvalue weighted by molar-refractivity contribution is 0.159. The van der Waals surface area contributed by atoms with Crippen LogP contribution < -0.4 is 5.32 Å². The molecule has 2 aromatic rings. The summed E-state index contributed by atoms with van der Waals surface area (Å²) < 4.78 is 5.25. The molecule has 0 radical (unpaired) electrons. The van der Waals surface area contributed by atoms with Crippen LogP contribution in [0.2, 0.25) is 0 Å². The van der Waals surface area contributed by atoms with Crippen LogP contribution in [0, 0.1) is 0 Å². The van der Waals surface area contributed by atoms with E-state index in [1.165, 1.54) is 25.7 Å². The van der Waals surface area contributed by atoms with Crippen molar-refractivity contribution >= 4 is 22.6 Å². The van der Waals surface area contributed by atoms with Crippen LogP contribution in [0.15, 0.2) is 42.5 Å². The number of anilines is 1. The summed E-state index contributed by atoms with van der Waals surface area (Å²) in [5.41, 5.74) is 0.797. The van der Waals surface area contributed by atoms with Gasteiger partial charge in [-0.1, -0.05) is 75.4 Å². The van der Waals surface area contributed by atoms with Gasteiger partial charge in [-0.15, -0.1) is 0 Å². The van der Waals surface area contributed by atoms with Gasteiger partial charge < -0.3 is 4.74 Å². The summed E-state index contributed by atoms with van der Waals surface area (Å²) in [6.07, 6.45) is 6.74. The number of ether oxygens (including phenoxy) is 1. The summed E-state index contributed by atoms with van der Waals surface area (Å²) >= 11 is 0. The lowest BCUT2D eigenvalue weighted by Crippen LogP contribution is -2.14. The second-order valence-electron chi connectivity index (χ2n) is 5.56. The quantitative estimate of drug-likeness (QED) is 0.630. The number of rotatable bonds is 8. The molecule has 0 spiro atoms. The molecule has 0 aliphatic rings. The molecule has 1 amide bonds. The van der Waals surface area contributed by atoms with Crippen molar-refractivity contribution < 1.29 is 9.53 Å². The second kappa shape index (κ2) is 9.08. The van der Waals surface area contributed by atoms with Gasteiger partial charge in [-0.05, 0) is 17.9 Å². The largest absolute Gasteiger partial charge is 0.449 e. The molecule has 0 bridgehead atoms. The van der Waals surface area contributed by atoms with Crippen LogP contribution in [0.4, 0.5) is 10.5 Å². The van der Waals surface area contributed by atoms with Crippen LogP contribution in [0.25, 0.3) is 10.8 Å². The molecule has 0 aromatic heterocycles. The summed E-state index contributed by atoms with van der Waals surface area (Å²) in [6, 6.07) is 13.8. The maximum absolute atomic E-state index is 11.9. The van der Waals surface area contributed by atoms with Crippen molar-refractivity contribution in [2.45, 2.75) is 45.4 Å². The van der Waals surface area contributed by atoms with E-state index in [2.05, 4.69) is 12.2 Å². The van der Waals surface area contributed by atoms with Crippen molar-refractivity contribution in [1.29, 1.82) is 0 Å². The summed E-state index contributed by atoms with van der Waals surface area (Å²) in [6.45, 7) is 2.70. The molecule has 0 atom stereocenters. The fourth-order valence-electron chi connectivity index (χ4n) is 2.53. The second-order valence-corrected chi connectivity index (χ2v) is 5.56. The third-order valence-electron chi connectivity index (χ3n) is 3.76. The summed E-state index contributed by atoms with van der Waals surface area (Å²) in [5.74, 6) is 0. The zero-order chi connectivity index (χ0) is 15.6. The topological polar surface area (TPSA) is 38.3 Å². The van der Waals surface area contributed by atoms with Gasteiger partial charge in [0.2, 0.25) is 0 Å². The first kappa shape index (κ1) is 16.3. The smallest absolute Gasteiger partial charge is 0.411 e. The molecule has 3 nitrogen and oxygen atoms in total. The lowest BCUT2D eigenvalue weighted by atomic mass is 10.1. The number of nitrogens with one attached hydrogen (secondary N) is 1. The van der Waals surface area contributed by atoms with Crippen molar-refractivity contribution in [3.63, 3.8) is 0 Å². The zero-order valence-corrected chi connectivity index (χ0v) is 13.3. The van der Waals surface area contributed by atoms with Gasteiger partial charge in [-0.3, -0.25) is 5.32 Å². The SMILES string of the molecule is CCCCCCCCOC(=O)Nc1cccc2ccccc12. The Morgan fingerprint density at radius 2 is 1.68 bits per heavy atom. The van der Waals surface area contributed by atoms with Crippen LogP contribution in [-0.2, 0) is 4.74 Å². The Morgan fingerprint density at radius 1 is 0.955 bits per heavy atom. The van der Waals surface area contributed by atoms with Crippen LogP contribution in [0.5, 0.6) is 0 Å². The Labute approximate surface area is 132 Å². The first-order chi connectivity index (χ1) is 10.8. The van der Waals surface area contributed by atoms with E-state index in [9.17, 15) is 4.79 Å². The van der Waals surface area contributed by atoms with E-state index >= 15 is 0 Å². The minimum absolute atomic E-state index is 0.370. The Bertz CT molecular complexity index is 590. The predicted molar refractivity (Wildman–Crippen MR) is 92.3 cm³/mol. The van der Waals surface area contributed by atoms with E-state index < -0.39 is 0 Å². The van der Waals surface area contributed by atoms with Gasteiger partial charge in [0.1, 0.15) is 0 Å². The van der Waals surface area contributed by atoms with E-state index in [1.807, 2.05) is 42.5 Å². The highest BCUT2D eigenvalue weighted by molar-refractivity contribution is 6.00. The average molecular weight is 299 g/mol. The van der Waals surface area contributed by atoms with E-state index in [4.69, 9.17) is 4.74 Å². The summed E-state index contributed by atoms with van der Waals surface area (Å²) in [4.78, 5) is 11.9. The van der Waals surface area contributed by atoms with Gasteiger partial charge >= 0.3 is 6.09 Å². The number of carbonyl (C=O) groups excluding carboxylic acids is 1. The van der Waals surface area contributed by atoms with E-state index in [1.54, 1.807) is 0 Å². The predicted octanol–water partition coefficient (Wildman–Crippen LogP) is 5.75. The molecule has 0 aliphatic heterocycles. The number of amides is 1. The molecule has 0 saturated heterocycles. The molecule has 0 fully saturated rings. The minimum Gasteiger partial charge on any atom is -0.449 e. The van der Waals surface area contributed by atoms with Gasteiger partial charge in [0.15, 0.2) is 0 Å². The normalized spacial score (nSPS) is 10.6. The molecular formula is C19H25NO2. The van der Waals surface area contributed by atoms with Gasteiger partial charge in [0, 0.05) is 5.39 Å². The number of hydrogen-bond donors (Lipinski definition) is 1. The van der Waals surface area contributed by atoms with Crippen molar-refractivity contribution in [2.75, 3.05) is 11.9 Å². The monoisotopic (exact) mass is 299 g/mol. The molecular weight excluding hydrogens is 274 g/mol. The summed E-state index contributed by atoms with van der Waals surface area (Å²) in [7, 11) is 0. The van der Waals surface area contributed by atoms with Crippen molar-refractivity contribution in [2.24, 2.45) is 0 Å². The maximum Gasteiger partial charge on any atom is 0.411 e. The molecule has 0 unspecified atom stereocenters. The third-order valence-corrected chi connectivity index (χ3v) is 3.76. The number of fused-ring (bicyclic) bond motifs is 1. The van der Waals surface area contributed by atoms with Gasteiger partial charge in [-0.25, -0.2) is 4.79 Å². The molecule has 0 aliphatic carbocycles. The summed E-state index contributed by atoms with van der Waals surface area (Å²) in [5, 5.41) is 4.97. The highest BCUT2D eigenvalue weighted by atomic mass is 16.5. The molecule has 1 N–H and O–H groups in total.